The Bertz CT molecular complexity index is 465. The Morgan fingerprint density at radius 2 is 2.24 bits per heavy atom. The second kappa shape index (κ2) is 5.31. The van der Waals surface area contributed by atoms with Crippen molar-refractivity contribution in [3.05, 3.63) is 30.7 Å². The Morgan fingerprint density at radius 3 is 2.94 bits per heavy atom. The van der Waals surface area contributed by atoms with E-state index >= 15 is 0 Å². The molecule has 2 heterocycles. The number of aromatic hydroxyl groups is 1. The molecular weight excluding hydrogens is 218 g/mol. The number of anilines is 2. The Kier molecular flexibility index (Phi) is 3.56. The molecule has 0 aliphatic carbocycles. The first-order valence-electron chi connectivity index (χ1n) is 5.43. The number of nitrogens with two attached hydrogens (primary N) is 1. The van der Waals surface area contributed by atoms with Gasteiger partial charge in [0.15, 0.2) is 0 Å². The van der Waals surface area contributed by atoms with Crippen molar-refractivity contribution in [1.82, 2.24) is 14.5 Å². The normalized spacial score (nSPS) is 10.4. The van der Waals surface area contributed by atoms with Crippen LogP contribution in [0.2, 0.25) is 0 Å². The minimum Gasteiger partial charge on any atom is -0.506 e. The Balaban J connectivity index is 2.07. The summed E-state index contributed by atoms with van der Waals surface area (Å²) < 4.78 is 1.97. The van der Waals surface area contributed by atoms with Crippen LogP contribution in [0, 0.1) is 0 Å². The smallest absolute Gasteiger partial charge is 0.208 e. The maximum Gasteiger partial charge on any atom is 0.208 e. The second-order valence-corrected chi connectivity index (χ2v) is 3.61. The van der Waals surface area contributed by atoms with Gasteiger partial charge in [0.25, 0.3) is 0 Å². The van der Waals surface area contributed by atoms with E-state index in [1.165, 1.54) is 6.20 Å². The summed E-state index contributed by atoms with van der Waals surface area (Å²) >= 11 is 0. The lowest BCUT2D eigenvalue weighted by atomic mass is 10.4. The summed E-state index contributed by atoms with van der Waals surface area (Å²) in [6.45, 7) is 1.46. The van der Waals surface area contributed by atoms with Crippen molar-refractivity contribution < 1.29 is 5.11 Å². The summed E-state index contributed by atoms with van der Waals surface area (Å²) in [7, 11) is 0. The first-order chi connectivity index (χ1) is 8.29. The van der Waals surface area contributed by atoms with Crippen molar-refractivity contribution >= 4 is 11.8 Å². The third kappa shape index (κ3) is 2.94. The van der Waals surface area contributed by atoms with Crippen molar-refractivity contribution in [2.45, 2.75) is 13.0 Å². The van der Waals surface area contributed by atoms with Gasteiger partial charge in [-0.15, -0.1) is 0 Å². The van der Waals surface area contributed by atoms with Crippen LogP contribution in [0.1, 0.15) is 6.42 Å². The van der Waals surface area contributed by atoms with Gasteiger partial charge < -0.3 is 20.7 Å². The Hall–Kier alpha value is -2.08. The van der Waals surface area contributed by atoms with Gasteiger partial charge in [0.05, 0.1) is 6.20 Å². The summed E-state index contributed by atoms with van der Waals surface area (Å²) in [5.41, 5.74) is 5.47. The van der Waals surface area contributed by atoms with Crippen LogP contribution in [-0.4, -0.2) is 26.2 Å². The molecule has 0 amide bonds. The largest absolute Gasteiger partial charge is 0.506 e. The molecule has 0 aliphatic heterocycles. The van der Waals surface area contributed by atoms with Crippen LogP contribution in [0.4, 0.5) is 11.8 Å². The predicted molar refractivity (Wildman–Crippen MR) is 65.1 cm³/mol. The number of imidazole rings is 1. The van der Waals surface area contributed by atoms with Crippen LogP contribution < -0.4 is 11.1 Å². The van der Waals surface area contributed by atoms with Gasteiger partial charge in [-0.3, -0.25) is 0 Å². The molecule has 0 unspecified atom stereocenters. The van der Waals surface area contributed by atoms with E-state index in [1.54, 1.807) is 18.3 Å². The molecule has 2 rings (SSSR count). The summed E-state index contributed by atoms with van der Waals surface area (Å²) in [5, 5.41) is 12.2. The molecule has 4 N–H and O–H groups in total. The highest BCUT2D eigenvalue weighted by molar-refractivity contribution is 5.48. The lowest BCUT2D eigenvalue weighted by Gasteiger charge is -2.08. The molecular formula is C11H15N5O. The molecule has 0 saturated carbocycles. The van der Waals surface area contributed by atoms with Crippen molar-refractivity contribution in [3.8, 4) is 5.75 Å². The molecule has 0 spiro atoms. The average molecular weight is 233 g/mol. The minimum atomic E-state index is 0.141. The van der Waals surface area contributed by atoms with E-state index in [9.17, 15) is 0 Å². The first-order valence-corrected chi connectivity index (χ1v) is 5.43. The van der Waals surface area contributed by atoms with Crippen LogP contribution >= 0.6 is 0 Å². The fourth-order valence-electron chi connectivity index (χ4n) is 1.45. The van der Waals surface area contributed by atoms with Gasteiger partial charge in [-0.2, -0.15) is 0 Å². The Morgan fingerprint density at radius 1 is 1.35 bits per heavy atom. The van der Waals surface area contributed by atoms with E-state index < -0.39 is 0 Å². The number of hydrogen-bond donors (Lipinski definition) is 3. The molecule has 0 atom stereocenters. The van der Waals surface area contributed by atoms with Crippen LogP contribution in [0.25, 0.3) is 0 Å². The molecule has 0 aromatic carbocycles. The predicted octanol–water partition coefficient (Wildman–Crippen LogP) is 1.08. The van der Waals surface area contributed by atoms with Crippen molar-refractivity contribution in [2.75, 3.05) is 11.9 Å². The third-order valence-corrected chi connectivity index (χ3v) is 2.31. The highest BCUT2D eigenvalue weighted by atomic mass is 16.3. The van der Waals surface area contributed by atoms with Gasteiger partial charge in [0, 0.05) is 18.9 Å². The molecule has 2 aromatic rings. The van der Waals surface area contributed by atoms with Crippen LogP contribution in [0.15, 0.2) is 30.7 Å². The number of rotatable bonds is 5. The zero-order valence-electron chi connectivity index (χ0n) is 9.37. The fraction of sp³-hybridized carbons (Fsp3) is 0.273. The maximum atomic E-state index is 9.13. The number of nitrogens with zero attached hydrogens (tertiary/aromatic N) is 3. The number of aromatic nitrogens is 3. The second-order valence-electron chi connectivity index (χ2n) is 3.61. The monoisotopic (exact) mass is 233 g/mol. The highest BCUT2D eigenvalue weighted by Gasteiger charge is 2.03. The zero-order valence-corrected chi connectivity index (χ0v) is 9.37. The van der Waals surface area contributed by atoms with Crippen molar-refractivity contribution in [3.63, 3.8) is 0 Å². The lowest BCUT2D eigenvalue weighted by molar-refractivity contribution is 0.473. The zero-order chi connectivity index (χ0) is 12.1. The molecule has 0 saturated heterocycles. The standard InChI is InChI=1S/C11H15N5O/c12-4-1-6-16-7-5-13-11(16)15-10-3-2-9(17)8-14-10/h2-3,5,7-8,17H,1,4,6,12H2,(H,13,14,15). The summed E-state index contributed by atoms with van der Waals surface area (Å²) in [4.78, 5) is 8.23. The van der Waals surface area contributed by atoms with E-state index in [0.29, 0.717) is 12.4 Å². The number of hydrogen-bond acceptors (Lipinski definition) is 5. The van der Waals surface area contributed by atoms with Gasteiger partial charge in [0.2, 0.25) is 5.95 Å². The summed E-state index contributed by atoms with van der Waals surface area (Å²) in [6.07, 6.45) is 5.89. The highest BCUT2D eigenvalue weighted by Crippen LogP contribution is 2.15. The topological polar surface area (TPSA) is 89.0 Å². The fourth-order valence-corrected chi connectivity index (χ4v) is 1.45. The van der Waals surface area contributed by atoms with Crippen LogP contribution in [0.5, 0.6) is 5.75 Å². The van der Waals surface area contributed by atoms with Gasteiger partial charge in [0.1, 0.15) is 11.6 Å². The SMILES string of the molecule is NCCCn1ccnc1Nc1ccc(O)cn1. The van der Waals surface area contributed by atoms with E-state index in [1.807, 2.05) is 10.8 Å². The number of nitrogens with one attached hydrogen (secondary N) is 1. The molecule has 90 valence electrons. The molecule has 0 fully saturated rings. The molecule has 17 heavy (non-hydrogen) atoms. The maximum absolute atomic E-state index is 9.13. The summed E-state index contributed by atoms with van der Waals surface area (Å²) in [6, 6.07) is 3.26. The number of aryl methyl sites for hydroxylation is 1. The van der Waals surface area contributed by atoms with Crippen molar-refractivity contribution in [1.29, 1.82) is 0 Å². The van der Waals surface area contributed by atoms with Gasteiger partial charge in [-0.1, -0.05) is 0 Å². The van der Waals surface area contributed by atoms with E-state index in [0.717, 1.165) is 18.9 Å². The molecule has 2 aromatic heterocycles. The van der Waals surface area contributed by atoms with E-state index in [4.69, 9.17) is 10.8 Å². The quantitative estimate of drug-likeness (QED) is 0.719. The van der Waals surface area contributed by atoms with E-state index in [2.05, 4.69) is 15.3 Å². The van der Waals surface area contributed by atoms with Crippen molar-refractivity contribution in [2.24, 2.45) is 5.73 Å². The van der Waals surface area contributed by atoms with Crippen LogP contribution in [-0.2, 0) is 6.54 Å². The van der Waals surface area contributed by atoms with Gasteiger partial charge >= 0.3 is 0 Å². The molecule has 0 aliphatic rings. The molecule has 6 nitrogen and oxygen atoms in total. The minimum absolute atomic E-state index is 0.141. The Labute approximate surface area is 99.1 Å². The van der Waals surface area contributed by atoms with Gasteiger partial charge in [-0.25, -0.2) is 9.97 Å². The molecule has 0 radical (unpaired) electrons. The van der Waals surface area contributed by atoms with Gasteiger partial charge in [-0.05, 0) is 25.1 Å². The average Bonchev–Trinajstić information content (AvgIpc) is 2.77. The molecule has 6 heteroatoms. The summed E-state index contributed by atoms with van der Waals surface area (Å²) in [5.74, 6) is 1.50. The first kappa shape index (κ1) is 11.4. The van der Waals surface area contributed by atoms with E-state index in [-0.39, 0.29) is 5.75 Å². The third-order valence-electron chi connectivity index (χ3n) is 2.31. The van der Waals surface area contributed by atoms with Crippen LogP contribution in [0.3, 0.4) is 0 Å². The lowest BCUT2D eigenvalue weighted by Crippen LogP contribution is -2.08. The molecule has 0 bridgehead atoms. The number of pyridine rings is 1.